The van der Waals surface area contributed by atoms with Crippen molar-refractivity contribution in [3.05, 3.63) is 36.0 Å². The van der Waals surface area contributed by atoms with Crippen LogP contribution in [0, 0.1) is 0 Å². The smallest absolute Gasteiger partial charge is 0.326 e. The lowest BCUT2D eigenvalue weighted by atomic mass is 10.0. The largest absolute Gasteiger partial charge is 0.480 e. The number of fused-ring (bicyclic) bond motifs is 1. The Morgan fingerprint density at radius 1 is 0.808 bits per heavy atom. The van der Waals surface area contributed by atoms with Crippen molar-refractivity contribution >= 4 is 58.2 Å². The number of rotatable bonds is 20. The number of carboxylic acids is 1. The standard InChI is InChI=1S/C32H45N9O11/c33-18(14-42)27(46)40-23(15-43)29(48)37-20(7-9-25(34)44)31(50)41-11-3-6-24(41)30(49)39-22(12-16-13-36-19-5-2-1-4-17(16)19)28(47)38-21(32(51)52)8-10-26(35)45/h1-2,4-5,13,18,20-24,36,42-43H,3,6-12,14-15,33H2,(H2,34,44)(H2,35,45)(H,37,48)(H,38,47)(H,39,49)(H,40,46)(H,51,52)/t18-,20-,21-,22-,23-,24-/m0/s1. The van der Waals surface area contributed by atoms with E-state index in [1.54, 1.807) is 30.5 Å². The lowest BCUT2D eigenvalue weighted by Gasteiger charge is -2.30. The Morgan fingerprint density at radius 3 is 2.02 bits per heavy atom. The summed E-state index contributed by atoms with van der Waals surface area (Å²) in [5, 5.41) is 38.8. The van der Waals surface area contributed by atoms with Crippen LogP contribution in [0.1, 0.15) is 44.1 Å². The number of nitrogens with one attached hydrogen (secondary N) is 5. The van der Waals surface area contributed by atoms with Gasteiger partial charge in [-0.3, -0.25) is 33.6 Å². The van der Waals surface area contributed by atoms with Gasteiger partial charge in [0.15, 0.2) is 0 Å². The quantitative estimate of drug-likeness (QED) is 0.0615. The maximum Gasteiger partial charge on any atom is 0.326 e. The Bertz CT molecular complexity index is 1650. The topological polar surface area (TPSA) is 342 Å². The van der Waals surface area contributed by atoms with Crippen LogP contribution in [0.25, 0.3) is 10.9 Å². The Morgan fingerprint density at radius 2 is 1.40 bits per heavy atom. The number of hydrogen-bond acceptors (Lipinski definition) is 11. The highest BCUT2D eigenvalue weighted by Crippen LogP contribution is 2.22. The highest BCUT2D eigenvalue weighted by Gasteiger charge is 2.40. The number of carbonyl (C=O) groups excluding carboxylic acids is 7. The lowest BCUT2D eigenvalue weighted by Crippen LogP contribution is -2.60. The summed E-state index contributed by atoms with van der Waals surface area (Å²) in [6.45, 7) is -1.62. The molecule has 20 heteroatoms. The van der Waals surface area contributed by atoms with Crippen LogP contribution in [0.15, 0.2) is 30.5 Å². The molecule has 284 valence electrons. The molecular formula is C32H45N9O11. The van der Waals surface area contributed by atoms with E-state index in [1.165, 1.54) is 0 Å². The minimum atomic E-state index is -1.59. The molecule has 1 aromatic carbocycles. The normalized spacial score (nSPS) is 16.9. The molecule has 0 saturated carbocycles. The van der Waals surface area contributed by atoms with Crippen molar-refractivity contribution in [1.29, 1.82) is 0 Å². The van der Waals surface area contributed by atoms with Gasteiger partial charge in [0.1, 0.15) is 36.3 Å². The van der Waals surface area contributed by atoms with Gasteiger partial charge in [-0.15, -0.1) is 0 Å². The van der Waals surface area contributed by atoms with Gasteiger partial charge < -0.3 is 63.7 Å². The molecule has 2 heterocycles. The number of amides is 7. The molecule has 20 nitrogen and oxygen atoms in total. The van der Waals surface area contributed by atoms with Crippen LogP contribution in [0.3, 0.4) is 0 Å². The molecule has 0 spiro atoms. The molecule has 1 aliphatic heterocycles. The van der Waals surface area contributed by atoms with Crippen LogP contribution < -0.4 is 38.5 Å². The number of carbonyl (C=O) groups is 8. The van der Waals surface area contributed by atoms with E-state index in [1.807, 2.05) is 0 Å². The molecule has 14 N–H and O–H groups in total. The van der Waals surface area contributed by atoms with Gasteiger partial charge in [-0.1, -0.05) is 18.2 Å². The van der Waals surface area contributed by atoms with Crippen molar-refractivity contribution in [3.8, 4) is 0 Å². The molecule has 52 heavy (non-hydrogen) atoms. The second kappa shape index (κ2) is 19.1. The Balaban J connectivity index is 1.85. The van der Waals surface area contributed by atoms with Crippen LogP contribution >= 0.6 is 0 Å². The van der Waals surface area contributed by atoms with E-state index >= 15 is 0 Å². The maximum absolute atomic E-state index is 13.9. The molecule has 1 fully saturated rings. The number of carboxylic acid groups (broad SMARTS) is 1. The van der Waals surface area contributed by atoms with Crippen molar-refractivity contribution in [3.63, 3.8) is 0 Å². The van der Waals surface area contributed by atoms with E-state index in [0.717, 1.165) is 15.8 Å². The average molecular weight is 732 g/mol. The van der Waals surface area contributed by atoms with Gasteiger partial charge in [0.25, 0.3) is 0 Å². The summed E-state index contributed by atoms with van der Waals surface area (Å²) in [5.74, 6) is -7.43. The summed E-state index contributed by atoms with van der Waals surface area (Å²) >= 11 is 0. The van der Waals surface area contributed by atoms with Gasteiger partial charge in [0, 0.05) is 42.9 Å². The molecule has 0 bridgehead atoms. The van der Waals surface area contributed by atoms with Gasteiger partial charge in [0.2, 0.25) is 41.4 Å². The molecule has 1 aromatic heterocycles. The minimum absolute atomic E-state index is 0.0406. The number of aliphatic hydroxyl groups is 2. The molecule has 1 aliphatic rings. The lowest BCUT2D eigenvalue weighted by molar-refractivity contribution is -0.144. The summed E-state index contributed by atoms with van der Waals surface area (Å²) < 4.78 is 0. The van der Waals surface area contributed by atoms with Crippen LogP contribution in [-0.2, 0) is 44.8 Å². The second-order valence-electron chi connectivity index (χ2n) is 12.3. The van der Waals surface area contributed by atoms with Gasteiger partial charge in [0.05, 0.1) is 13.2 Å². The zero-order valence-electron chi connectivity index (χ0n) is 28.2. The Hall–Kier alpha value is -5.60. The van der Waals surface area contributed by atoms with Crippen molar-refractivity contribution in [2.45, 2.75) is 81.2 Å². The highest BCUT2D eigenvalue weighted by atomic mass is 16.4. The molecule has 3 rings (SSSR count). The monoisotopic (exact) mass is 731 g/mol. The third kappa shape index (κ3) is 11.2. The first-order valence-electron chi connectivity index (χ1n) is 16.5. The van der Waals surface area contributed by atoms with E-state index in [0.29, 0.717) is 12.0 Å². The van der Waals surface area contributed by atoms with Crippen molar-refractivity contribution in [2.75, 3.05) is 19.8 Å². The zero-order valence-corrected chi connectivity index (χ0v) is 28.2. The molecule has 0 aliphatic carbocycles. The van der Waals surface area contributed by atoms with Crippen LogP contribution in [0.4, 0.5) is 0 Å². The van der Waals surface area contributed by atoms with Gasteiger partial charge in [-0.05, 0) is 37.3 Å². The fourth-order valence-electron chi connectivity index (χ4n) is 5.69. The van der Waals surface area contributed by atoms with Crippen molar-refractivity contribution in [1.82, 2.24) is 31.2 Å². The zero-order chi connectivity index (χ0) is 38.5. The first-order valence-corrected chi connectivity index (χ1v) is 16.5. The van der Waals surface area contributed by atoms with Gasteiger partial charge in [-0.2, -0.15) is 0 Å². The SMILES string of the molecule is NC(=O)CC[C@H](NC(=O)[C@H](Cc1c[nH]c2ccccc12)NC(=O)[C@@H]1CCCN1C(=O)[C@H](CCC(N)=O)NC(=O)[C@H](CO)NC(=O)[C@@H](N)CO)C(=O)O. The fraction of sp³-hybridized carbons (Fsp3) is 0.500. The number of primary amides is 2. The predicted octanol–water partition coefficient (Wildman–Crippen LogP) is -4.43. The van der Waals surface area contributed by atoms with Crippen LogP contribution in [0.2, 0.25) is 0 Å². The fourth-order valence-corrected chi connectivity index (χ4v) is 5.69. The summed E-state index contributed by atoms with van der Waals surface area (Å²) in [4.78, 5) is 105. The minimum Gasteiger partial charge on any atom is -0.480 e. The Labute approximate surface area is 297 Å². The Kier molecular flexibility index (Phi) is 15.0. The predicted molar refractivity (Wildman–Crippen MR) is 181 cm³/mol. The number of aromatic nitrogens is 1. The number of para-hydroxylation sites is 1. The molecule has 6 atom stereocenters. The molecular weight excluding hydrogens is 686 g/mol. The van der Waals surface area contributed by atoms with E-state index in [-0.39, 0.29) is 45.1 Å². The van der Waals surface area contributed by atoms with E-state index in [2.05, 4.69) is 26.3 Å². The second-order valence-corrected chi connectivity index (χ2v) is 12.3. The molecule has 0 radical (unpaired) electrons. The number of H-pyrrole nitrogens is 1. The summed E-state index contributed by atoms with van der Waals surface area (Å²) in [6.07, 6.45) is 0.711. The number of aliphatic hydroxyl groups excluding tert-OH is 2. The molecule has 0 unspecified atom stereocenters. The number of hydrogen-bond donors (Lipinski definition) is 11. The first-order chi connectivity index (χ1) is 24.7. The summed E-state index contributed by atoms with van der Waals surface area (Å²) in [7, 11) is 0. The van der Waals surface area contributed by atoms with E-state index in [4.69, 9.17) is 22.3 Å². The van der Waals surface area contributed by atoms with Gasteiger partial charge in [-0.25, -0.2) is 4.79 Å². The summed E-state index contributed by atoms with van der Waals surface area (Å²) in [5.41, 5.74) is 17.3. The number of aromatic amines is 1. The van der Waals surface area contributed by atoms with E-state index < -0.39 is 96.8 Å². The van der Waals surface area contributed by atoms with Crippen LogP contribution in [-0.4, -0.2) is 129 Å². The number of likely N-dealkylation sites (tertiary alicyclic amines) is 1. The number of aliphatic carboxylic acids is 1. The molecule has 1 saturated heterocycles. The van der Waals surface area contributed by atoms with Crippen molar-refractivity contribution < 1.29 is 53.7 Å². The third-order valence-electron chi connectivity index (χ3n) is 8.51. The molecule has 7 amide bonds. The summed E-state index contributed by atoms with van der Waals surface area (Å²) in [6, 6.07) is -1.31. The maximum atomic E-state index is 13.9. The number of nitrogens with two attached hydrogens (primary N) is 3. The first kappa shape index (κ1) is 40.8. The number of benzene rings is 1. The number of nitrogens with zero attached hydrogens (tertiary/aromatic N) is 1. The van der Waals surface area contributed by atoms with Gasteiger partial charge >= 0.3 is 5.97 Å². The van der Waals surface area contributed by atoms with Crippen molar-refractivity contribution in [2.24, 2.45) is 17.2 Å². The third-order valence-corrected chi connectivity index (χ3v) is 8.51. The average Bonchev–Trinajstić information content (AvgIpc) is 3.77. The van der Waals surface area contributed by atoms with E-state index in [9.17, 15) is 48.6 Å². The molecule has 2 aromatic rings. The van der Waals surface area contributed by atoms with Crippen LogP contribution in [0.5, 0.6) is 0 Å². The highest BCUT2D eigenvalue weighted by molar-refractivity contribution is 5.97.